The van der Waals surface area contributed by atoms with Gasteiger partial charge in [-0.2, -0.15) is 0 Å². The minimum atomic E-state index is 0.423. The van der Waals surface area contributed by atoms with E-state index in [9.17, 15) is 0 Å². The van der Waals surface area contributed by atoms with E-state index in [0.717, 1.165) is 54.7 Å². The molecule has 1 fully saturated rings. The maximum absolute atomic E-state index is 5.95. The Balaban J connectivity index is 1.25. The van der Waals surface area contributed by atoms with Crippen molar-refractivity contribution in [2.45, 2.75) is 32.5 Å². The van der Waals surface area contributed by atoms with E-state index in [2.05, 4.69) is 74.3 Å². The molecule has 3 aromatic carbocycles. The van der Waals surface area contributed by atoms with Crippen molar-refractivity contribution in [3.63, 3.8) is 0 Å². The third-order valence-electron chi connectivity index (χ3n) is 7.51. The monoisotopic (exact) mass is 566 g/mol. The number of pyridine rings is 1. The number of aromatic nitrogens is 1. The van der Waals surface area contributed by atoms with Gasteiger partial charge in [0.1, 0.15) is 18.1 Å². The average Bonchev–Trinajstić information content (AvgIpc) is 3.57. The van der Waals surface area contributed by atoms with Crippen molar-refractivity contribution in [3.8, 4) is 11.5 Å². The van der Waals surface area contributed by atoms with Crippen LogP contribution in [0, 0.1) is 0 Å². The molecule has 2 heterocycles. The number of methoxy groups -OCH3 is 1. The summed E-state index contributed by atoms with van der Waals surface area (Å²) in [5.41, 5.74) is 6.89. The molecule has 0 N–H and O–H groups in total. The van der Waals surface area contributed by atoms with Crippen LogP contribution in [-0.4, -0.2) is 52.5 Å². The molecular weight excluding hydrogens is 524 g/mol. The summed E-state index contributed by atoms with van der Waals surface area (Å²) in [7, 11) is 5.75. The Labute approximate surface area is 250 Å². The minimum Gasteiger partial charge on any atom is -0.497 e. The molecule has 4 aromatic rings. The van der Waals surface area contributed by atoms with Crippen LogP contribution in [0.3, 0.4) is 0 Å². The fourth-order valence-electron chi connectivity index (χ4n) is 5.26. The lowest BCUT2D eigenvalue weighted by atomic mass is 10.1. The lowest BCUT2D eigenvalue weighted by Crippen LogP contribution is -2.23. The second-order valence-corrected chi connectivity index (χ2v) is 10.9. The summed E-state index contributed by atoms with van der Waals surface area (Å²) in [5, 5.41) is 0. The number of rotatable bonds is 14. The van der Waals surface area contributed by atoms with Crippen LogP contribution < -0.4 is 24.2 Å². The molecule has 42 heavy (non-hydrogen) atoms. The third kappa shape index (κ3) is 8.17. The SMILES string of the molecule is COc1cccc(CN(Cc2cccc(N3CCCC3)c2)c2ccnc(COCCOc3cccc(N(C)C)c3)c2)c1. The first-order valence-corrected chi connectivity index (χ1v) is 14.7. The van der Waals surface area contributed by atoms with Gasteiger partial charge >= 0.3 is 0 Å². The van der Waals surface area contributed by atoms with Crippen molar-refractivity contribution in [3.05, 3.63) is 108 Å². The van der Waals surface area contributed by atoms with E-state index in [1.54, 1.807) is 7.11 Å². The second kappa shape index (κ2) is 14.6. The van der Waals surface area contributed by atoms with Crippen molar-refractivity contribution in [2.24, 2.45) is 0 Å². The van der Waals surface area contributed by atoms with Crippen LogP contribution in [-0.2, 0) is 24.4 Å². The van der Waals surface area contributed by atoms with Crippen molar-refractivity contribution >= 4 is 17.1 Å². The zero-order chi connectivity index (χ0) is 29.1. The molecule has 1 aliphatic rings. The van der Waals surface area contributed by atoms with Crippen LogP contribution in [0.5, 0.6) is 11.5 Å². The van der Waals surface area contributed by atoms with Gasteiger partial charge in [0.25, 0.3) is 0 Å². The zero-order valence-corrected chi connectivity index (χ0v) is 25.0. The predicted octanol–water partition coefficient (Wildman–Crippen LogP) is 6.56. The minimum absolute atomic E-state index is 0.423. The van der Waals surface area contributed by atoms with Gasteiger partial charge in [0.15, 0.2) is 0 Å². The molecule has 0 saturated carbocycles. The van der Waals surface area contributed by atoms with E-state index in [4.69, 9.17) is 14.2 Å². The zero-order valence-electron chi connectivity index (χ0n) is 25.0. The topological polar surface area (TPSA) is 50.3 Å². The van der Waals surface area contributed by atoms with E-state index >= 15 is 0 Å². The first kappa shape index (κ1) is 29.3. The summed E-state index contributed by atoms with van der Waals surface area (Å²) >= 11 is 0. The summed E-state index contributed by atoms with van der Waals surface area (Å²) in [5.74, 6) is 1.70. The van der Waals surface area contributed by atoms with Gasteiger partial charge in [-0.25, -0.2) is 0 Å². The Bertz CT molecular complexity index is 1420. The lowest BCUT2D eigenvalue weighted by molar-refractivity contribution is 0.0870. The summed E-state index contributed by atoms with van der Waals surface area (Å²) < 4.78 is 17.4. The largest absolute Gasteiger partial charge is 0.497 e. The highest BCUT2D eigenvalue weighted by atomic mass is 16.5. The Morgan fingerprint density at radius 3 is 2.29 bits per heavy atom. The van der Waals surface area contributed by atoms with E-state index in [-0.39, 0.29) is 0 Å². The maximum atomic E-state index is 5.95. The summed E-state index contributed by atoms with van der Waals surface area (Å²) in [6.07, 6.45) is 4.41. The normalized spacial score (nSPS) is 12.8. The number of anilines is 3. The van der Waals surface area contributed by atoms with E-state index < -0.39 is 0 Å². The van der Waals surface area contributed by atoms with E-state index in [0.29, 0.717) is 19.8 Å². The first-order chi connectivity index (χ1) is 20.6. The van der Waals surface area contributed by atoms with Gasteiger partial charge in [-0.1, -0.05) is 30.3 Å². The third-order valence-corrected chi connectivity index (χ3v) is 7.51. The molecule has 7 nitrogen and oxygen atoms in total. The second-order valence-electron chi connectivity index (χ2n) is 10.9. The molecule has 0 spiro atoms. The number of benzene rings is 3. The molecule has 1 aliphatic heterocycles. The molecule has 1 aromatic heterocycles. The van der Waals surface area contributed by atoms with Crippen LogP contribution in [0.25, 0.3) is 0 Å². The van der Waals surface area contributed by atoms with Gasteiger partial charge in [-0.3, -0.25) is 4.98 Å². The van der Waals surface area contributed by atoms with Gasteiger partial charge in [0, 0.05) is 69.6 Å². The molecule has 1 saturated heterocycles. The molecular formula is C35H42N4O3. The molecule has 0 atom stereocenters. The lowest BCUT2D eigenvalue weighted by Gasteiger charge is -2.27. The Kier molecular flexibility index (Phi) is 10.2. The van der Waals surface area contributed by atoms with Gasteiger partial charge < -0.3 is 28.9 Å². The quantitative estimate of drug-likeness (QED) is 0.160. The number of hydrogen-bond donors (Lipinski definition) is 0. The summed E-state index contributed by atoms with van der Waals surface area (Å²) in [6, 6.07) is 29.5. The Morgan fingerprint density at radius 1 is 0.762 bits per heavy atom. The number of ether oxygens (including phenoxy) is 3. The van der Waals surface area contributed by atoms with Gasteiger partial charge in [-0.15, -0.1) is 0 Å². The van der Waals surface area contributed by atoms with Crippen molar-refractivity contribution in [1.82, 2.24) is 4.98 Å². The Hall–Kier alpha value is -4.23. The van der Waals surface area contributed by atoms with Crippen LogP contribution in [0.2, 0.25) is 0 Å². The van der Waals surface area contributed by atoms with Crippen molar-refractivity contribution < 1.29 is 14.2 Å². The van der Waals surface area contributed by atoms with E-state index in [1.807, 2.05) is 50.6 Å². The standard InChI is InChI=1S/C35H42N4O3/c1-37(2)31-11-8-14-35(24-31)42-20-19-41-27-30-23-33(15-16-36-30)39(26-29-10-7-13-34(22-29)40-3)25-28-9-6-12-32(21-28)38-17-4-5-18-38/h6-16,21-24H,4-5,17-20,25-27H2,1-3H3. The summed E-state index contributed by atoms with van der Waals surface area (Å²) in [6.45, 7) is 5.18. The van der Waals surface area contributed by atoms with Crippen LogP contribution in [0.1, 0.15) is 29.7 Å². The van der Waals surface area contributed by atoms with Crippen LogP contribution in [0.4, 0.5) is 17.1 Å². The number of nitrogens with zero attached hydrogens (tertiary/aromatic N) is 4. The van der Waals surface area contributed by atoms with Crippen molar-refractivity contribution in [2.75, 3.05) is 62.2 Å². The fraction of sp³-hybridized carbons (Fsp3) is 0.343. The molecule has 5 rings (SSSR count). The van der Waals surface area contributed by atoms with Gasteiger partial charge in [0.2, 0.25) is 0 Å². The number of hydrogen-bond acceptors (Lipinski definition) is 7. The summed E-state index contributed by atoms with van der Waals surface area (Å²) in [4.78, 5) is 11.5. The molecule has 0 aliphatic carbocycles. The molecule has 0 amide bonds. The van der Waals surface area contributed by atoms with Gasteiger partial charge in [0.05, 0.1) is 26.0 Å². The Morgan fingerprint density at radius 2 is 1.50 bits per heavy atom. The van der Waals surface area contributed by atoms with Gasteiger partial charge in [-0.05, 0) is 72.5 Å². The molecule has 0 radical (unpaired) electrons. The molecule has 0 unspecified atom stereocenters. The highest BCUT2D eigenvalue weighted by molar-refractivity contribution is 5.53. The maximum Gasteiger partial charge on any atom is 0.121 e. The highest BCUT2D eigenvalue weighted by Gasteiger charge is 2.15. The average molecular weight is 567 g/mol. The molecule has 220 valence electrons. The van der Waals surface area contributed by atoms with Crippen LogP contribution in [0.15, 0.2) is 91.1 Å². The fourth-order valence-corrected chi connectivity index (χ4v) is 5.26. The van der Waals surface area contributed by atoms with Crippen LogP contribution >= 0.6 is 0 Å². The predicted molar refractivity (Wildman–Crippen MR) is 171 cm³/mol. The van der Waals surface area contributed by atoms with Crippen molar-refractivity contribution in [1.29, 1.82) is 0 Å². The smallest absolute Gasteiger partial charge is 0.121 e. The first-order valence-electron chi connectivity index (χ1n) is 14.7. The molecule has 0 bridgehead atoms. The van der Waals surface area contributed by atoms with E-state index in [1.165, 1.54) is 29.7 Å². The highest BCUT2D eigenvalue weighted by Crippen LogP contribution is 2.26. The molecule has 7 heteroatoms.